The second-order valence-corrected chi connectivity index (χ2v) is 16.6. The van der Waals surface area contributed by atoms with Gasteiger partial charge in [-0.15, -0.1) is 6.58 Å². The number of aliphatic hydroxyl groups excluding tert-OH is 1. The van der Waals surface area contributed by atoms with Gasteiger partial charge in [-0.1, -0.05) is 110 Å². The molecule has 3 heterocycles. The lowest BCUT2D eigenvalue weighted by atomic mass is 9.65. The monoisotopic (exact) mass is 867 g/mol. The minimum absolute atomic E-state index is 0.00325. The van der Waals surface area contributed by atoms with E-state index in [0.717, 1.165) is 36.1 Å². The highest BCUT2D eigenvalue weighted by Crippen LogP contribution is 2.66. The van der Waals surface area contributed by atoms with E-state index in [1.54, 1.807) is 42.5 Å². The van der Waals surface area contributed by atoms with Gasteiger partial charge in [0.25, 0.3) is 0 Å². The summed E-state index contributed by atoms with van der Waals surface area (Å²) in [5.74, 6) is 2.84. The Morgan fingerprint density at radius 1 is 0.891 bits per heavy atom. The molecule has 0 radical (unpaired) electrons. The number of methoxy groups -OCH3 is 1. The number of hydrogen-bond acceptors (Lipinski definition) is 11. The van der Waals surface area contributed by atoms with Crippen molar-refractivity contribution in [3.8, 4) is 17.6 Å². The van der Waals surface area contributed by atoms with Crippen LogP contribution in [0.1, 0.15) is 84.5 Å². The molecule has 6 atom stereocenters. The molecule has 6 unspecified atom stereocenters. The van der Waals surface area contributed by atoms with Gasteiger partial charge in [-0.3, -0.25) is 19.3 Å². The maximum absolute atomic E-state index is 16.3. The van der Waals surface area contributed by atoms with Crippen LogP contribution in [0.2, 0.25) is 0 Å². The number of ether oxygens (including phenoxy) is 4. The van der Waals surface area contributed by atoms with Crippen molar-refractivity contribution in [3.63, 3.8) is 0 Å². The molecule has 3 N–H and O–H groups in total. The van der Waals surface area contributed by atoms with E-state index in [0.29, 0.717) is 29.5 Å². The van der Waals surface area contributed by atoms with Crippen molar-refractivity contribution in [2.45, 2.75) is 73.8 Å². The standard InChI is InChI=1S/C51H53N3O10/c1-3-28-52-46(56)41-43-47(57)64-44(36-18-10-7-11-19-36)42(35-16-8-6-9-17-35)54(43)45(37-20-12-13-21-40(37)62-30-29-55)51(41)38-33-34(24-27-50(60)25-14-4-5-15-26-50)22-23-39(38)53(48(51)58)49(59)63-32-31-61-2/h3,6-13,16-23,33,41-45,55,60H,1,4-5,14-15,25-26,28-32H2,2H3,(H,52,56). The first-order valence-corrected chi connectivity index (χ1v) is 21.9. The number of anilines is 1. The number of amides is 3. The van der Waals surface area contributed by atoms with E-state index in [2.05, 4.69) is 23.7 Å². The van der Waals surface area contributed by atoms with Crippen molar-refractivity contribution < 1.29 is 48.3 Å². The van der Waals surface area contributed by atoms with E-state index in [9.17, 15) is 15.0 Å². The Balaban J connectivity index is 1.46. The van der Waals surface area contributed by atoms with E-state index < -0.39 is 65.0 Å². The van der Waals surface area contributed by atoms with Crippen LogP contribution in [0, 0.1) is 17.8 Å². The zero-order valence-electron chi connectivity index (χ0n) is 35.8. The first kappa shape index (κ1) is 44.3. The Morgan fingerprint density at radius 3 is 2.27 bits per heavy atom. The second-order valence-electron chi connectivity index (χ2n) is 16.6. The number of rotatable bonds is 12. The SMILES string of the molecule is C=CCNC(=O)C1C2C(=O)OC(c3ccccc3)C(c3ccccc3)N2C(c2ccccc2OCCO)C12C(=O)N(C(=O)OCCOC)c1ccc(C#CC3(O)CCCCCC3)cc12. The number of carbonyl (C=O) groups excluding carboxylic acids is 4. The number of benzene rings is 4. The second kappa shape index (κ2) is 19.2. The third-order valence-electron chi connectivity index (χ3n) is 12.8. The summed E-state index contributed by atoms with van der Waals surface area (Å²) >= 11 is 0. The molecule has 4 aromatic carbocycles. The molecule has 1 aliphatic carbocycles. The number of morpholine rings is 1. The van der Waals surface area contributed by atoms with Crippen molar-refractivity contribution in [2.24, 2.45) is 5.92 Å². The lowest BCUT2D eigenvalue weighted by Crippen LogP contribution is -2.55. The van der Waals surface area contributed by atoms with E-state index in [1.165, 1.54) is 13.2 Å². The van der Waals surface area contributed by atoms with Gasteiger partial charge >= 0.3 is 12.1 Å². The van der Waals surface area contributed by atoms with E-state index in [4.69, 9.17) is 18.9 Å². The molecule has 1 saturated carbocycles. The van der Waals surface area contributed by atoms with Crippen LogP contribution in [0.25, 0.3) is 0 Å². The molecule has 0 bridgehead atoms. The lowest BCUT2D eigenvalue weighted by Gasteiger charge is -2.46. The van der Waals surface area contributed by atoms with Gasteiger partial charge in [0.1, 0.15) is 42.1 Å². The highest BCUT2D eigenvalue weighted by molar-refractivity contribution is 6.23. The maximum Gasteiger partial charge on any atom is 0.421 e. The van der Waals surface area contributed by atoms with Gasteiger partial charge in [-0.2, -0.15) is 0 Å². The Bertz CT molecular complexity index is 2420. The molecule has 8 rings (SSSR count). The molecule has 13 nitrogen and oxygen atoms in total. The van der Waals surface area contributed by atoms with Crippen molar-refractivity contribution in [1.29, 1.82) is 0 Å². The summed E-state index contributed by atoms with van der Waals surface area (Å²) in [4.78, 5) is 64.0. The smallest absolute Gasteiger partial charge is 0.421 e. The largest absolute Gasteiger partial charge is 0.491 e. The normalized spacial score (nSPS) is 24.7. The molecule has 1 spiro atoms. The number of hydrogen-bond donors (Lipinski definition) is 3. The fourth-order valence-electron chi connectivity index (χ4n) is 10.1. The number of nitrogens with zero attached hydrogens (tertiary/aromatic N) is 2. The highest BCUT2D eigenvalue weighted by Gasteiger charge is 2.76. The van der Waals surface area contributed by atoms with Crippen LogP contribution in [0.5, 0.6) is 5.75 Å². The molecule has 13 heteroatoms. The molecule has 332 valence electrons. The molecular weight excluding hydrogens is 815 g/mol. The number of para-hydroxylation sites is 1. The van der Waals surface area contributed by atoms with Crippen molar-refractivity contribution in [3.05, 3.63) is 144 Å². The molecule has 0 aromatic heterocycles. The molecule has 64 heavy (non-hydrogen) atoms. The van der Waals surface area contributed by atoms with Crippen LogP contribution in [-0.2, 0) is 34.0 Å². The minimum atomic E-state index is -2.08. The average molecular weight is 868 g/mol. The Morgan fingerprint density at radius 2 is 1.58 bits per heavy atom. The Labute approximate surface area is 373 Å². The molecular formula is C51H53N3O10. The number of aliphatic hydroxyl groups is 2. The molecule has 4 aromatic rings. The lowest BCUT2D eigenvalue weighted by molar-refractivity contribution is -0.178. The Kier molecular flexibility index (Phi) is 13.3. The highest BCUT2D eigenvalue weighted by atomic mass is 16.6. The van der Waals surface area contributed by atoms with Gasteiger partial charge < -0.3 is 34.5 Å². The minimum Gasteiger partial charge on any atom is -0.491 e. The van der Waals surface area contributed by atoms with Crippen molar-refractivity contribution in [1.82, 2.24) is 10.2 Å². The van der Waals surface area contributed by atoms with Gasteiger partial charge in [0.05, 0.1) is 36.9 Å². The van der Waals surface area contributed by atoms with Crippen molar-refractivity contribution >= 4 is 29.6 Å². The maximum atomic E-state index is 16.3. The van der Waals surface area contributed by atoms with Gasteiger partial charge in [0.2, 0.25) is 11.8 Å². The molecule has 3 amide bonds. The Hall–Kier alpha value is -6.30. The van der Waals surface area contributed by atoms with E-state index in [-0.39, 0.29) is 50.0 Å². The summed E-state index contributed by atoms with van der Waals surface area (Å²) in [5.41, 5.74) is -0.697. The number of cyclic esters (lactones) is 1. The van der Waals surface area contributed by atoms with Crippen molar-refractivity contribution in [2.75, 3.05) is 45.0 Å². The van der Waals surface area contributed by atoms with Gasteiger partial charge in [0.15, 0.2) is 0 Å². The fraction of sp³-hybridized carbons (Fsp3) is 0.373. The number of nitrogens with one attached hydrogen (secondary N) is 1. The van der Waals surface area contributed by atoms with Crippen LogP contribution in [0.4, 0.5) is 10.5 Å². The third-order valence-corrected chi connectivity index (χ3v) is 12.8. The van der Waals surface area contributed by atoms with Crippen LogP contribution in [0.15, 0.2) is 116 Å². The molecule has 2 saturated heterocycles. The molecule has 4 aliphatic rings. The summed E-state index contributed by atoms with van der Waals surface area (Å²) in [6.07, 6.45) is 4.23. The van der Waals surface area contributed by atoms with Crippen LogP contribution < -0.4 is 15.0 Å². The summed E-state index contributed by atoms with van der Waals surface area (Å²) in [6.45, 7) is 3.25. The molecule has 3 fully saturated rings. The fourth-order valence-corrected chi connectivity index (χ4v) is 10.1. The molecule has 3 aliphatic heterocycles. The summed E-state index contributed by atoms with van der Waals surface area (Å²) in [5, 5.41) is 24.6. The zero-order chi connectivity index (χ0) is 44.8. The number of esters is 1. The third kappa shape index (κ3) is 8.07. The zero-order valence-corrected chi connectivity index (χ0v) is 35.8. The average Bonchev–Trinajstić information content (AvgIpc) is 3.65. The number of fused-ring (bicyclic) bond motifs is 3. The first-order valence-electron chi connectivity index (χ1n) is 21.9. The van der Waals surface area contributed by atoms with Crippen LogP contribution >= 0.6 is 0 Å². The van der Waals surface area contributed by atoms with Crippen LogP contribution in [0.3, 0.4) is 0 Å². The van der Waals surface area contributed by atoms with E-state index >= 15 is 14.4 Å². The topological polar surface area (TPSA) is 164 Å². The van der Waals surface area contributed by atoms with Gasteiger partial charge in [-0.05, 0) is 66.6 Å². The quantitative estimate of drug-likeness (QED) is 0.0486. The van der Waals surface area contributed by atoms with Gasteiger partial charge in [0, 0.05) is 24.8 Å². The predicted octanol–water partition coefficient (Wildman–Crippen LogP) is 6.25. The number of imide groups is 1. The summed E-state index contributed by atoms with van der Waals surface area (Å²) in [6, 6.07) is 27.2. The van der Waals surface area contributed by atoms with Gasteiger partial charge in [-0.25, -0.2) is 9.69 Å². The summed E-state index contributed by atoms with van der Waals surface area (Å²) in [7, 11) is 1.46. The van der Waals surface area contributed by atoms with Crippen LogP contribution in [-0.4, -0.2) is 90.7 Å². The van der Waals surface area contributed by atoms with E-state index in [1.807, 2.05) is 65.6 Å². The number of carbonyl (C=O) groups is 4. The summed E-state index contributed by atoms with van der Waals surface area (Å²) < 4.78 is 23.6. The first-order chi connectivity index (χ1) is 31.2. The predicted molar refractivity (Wildman–Crippen MR) is 237 cm³/mol.